The molecule has 3 aromatic carbocycles. The lowest BCUT2D eigenvalue weighted by atomic mass is 9.79. The molecule has 3 aromatic rings. The Kier molecular flexibility index (Phi) is 6.14. The van der Waals surface area contributed by atoms with Crippen molar-refractivity contribution in [3.8, 4) is 22.6 Å². The average Bonchev–Trinajstić information content (AvgIpc) is 3.16. The standard InChI is InChI=1S/C35H37FO4/c1-33(2)15-6-7-28(33)26-17-21(8-12-25(26)27-18-23(39-5)11-13-30(27)36)20-40-24-10-9-22-14-16-35(29(22)19-24)31(32(37)38)34(35,3)4/h7-13,17-19,31H,6,14-16,20H2,1-5H3,(H,37,38)/t31-,35+/m0/s1. The Hall–Kier alpha value is -3.60. The van der Waals surface area contributed by atoms with Crippen molar-refractivity contribution in [1.82, 2.24) is 0 Å². The molecule has 0 bridgehead atoms. The van der Waals surface area contributed by atoms with Crippen LogP contribution in [0.2, 0.25) is 0 Å². The number of rotatable bonds is 7. The van der Waals surface area contributed by atoms with Crippen LogP contribution in [0.3, 0.4) is 0 Å². The van der Waals surface area contributed by atoms with Crippen molar-refractivity contribution in [2.75, 3.05) is 7.11 Å². The van der Waals surface area contributed by atoms with Gasteiger partial charge in [-0.25, -0.2) is 4.39 Å². The summed E-state index contributed by atoms with van der Waals surface area (Å²) >= 11 is 0. The summed E-state index contributed by atoms with van der Waals surface area (Å²) in [5.74, 6) is 0.00163. The van der Waals surface area contributed by atoms with Gasteiger partial charge in [0.15, 0.2) is 0 Å². The van der Waals surface area contributed by atoms with E-state index in [9.17, 15) is 9.90 Å². The normalized spacial score (nSPS) is 23.6. The van der Waals surface area contributed by atoms with Crippen LogP contribution < -0.4 is 9.47 Å². The van der Waals surface area contributed by atoms with E-state index in [0.29, 0.717) is 17.9 Å². The molecule has 1 spiro atoms. The number of aliphatic carboxylic acids is 1. The Labute approximate surface area is 235 Å². The second-order valence-corrected chi connectivity index (χ2v) is 12.8. The summed E-state index contributed by atoms with van der Waals surface area (Å²) in [6.07, 6.45) is 6.09. The largest absolute Gasteiger partial charge is 0.497 e. The van der Waals surface area contributed by atoms with Crippen molar-refractivity contribution < 1.29 is 23.8 Å². The second-order valence-electron chi connectivity index (χ2n) is 12.8. The van der Waals surface area contributed by atoms with Crippen LogP contribution in [0.25, 0.3) is 16.7 Å². The van der Waals surface area contributed by atoms with E-state index in [1.807, 2.05) is 18.2 Å². The molecule has 0 aromatic heterocycles. The first-order valence-corrected chi connectivity index (χ1v) is 14.2. The first kappa shape index (κ1) is 26.6. The van der Waals surface area contributed by atoms with E-state index in [1.165, 1.54) is 17.2 Å². The highest BCUT2D eigenvalue weighted by atomic mass is 19.1. The van der Waals surface area contributed by atoms with Gasteiger partial charge in [-0.1, -0.05) is 52.0 Å². The molecule has 0 unspecified atom stereocenters. The predicted octanol–water partition coefficient (Wildman–Crippen LogP) is 8.21. The molecule has 1 fully saturated rings. The number of fused-ring (bicyclic) bond motifs is 2. The zero-order chi connectivity index (χ0) is 28.4. The van der Waals surface area contributed by atoms with Gasteiger partial charge in [-0.15, -0.1) is 0 Å². The topological polar surface area (TPSA) is 55.8 Å². The lowest BCUT2D eigenvalue weighted by Crippen LogP contribution is -2.13. The molecule has 6 rings (SSSR count). The van der Waals surface area contributed by atoms with Gasteiger partial charge in [-0.2, -0.15) is 0 Å². The molecular formula is C35H37FO4. The Bertz CT molecular complexity index is 1550. The van der Waals surface area contributed by atoms with Gasteiger partial charge in [0.2, 0.25) is 0 Å². The molecule has 4 nitrogen and oxygen atoms in total. The Morgan fingerprint density at radius 3 is 2.40 bits per heavy atom. The summed E-state index contributed by atoms with van der Waals surface area (Å²) < 4.78 is 26.8. The molecule has 0 heterocycles. The van der Waals surface area contributed by atoms with Crippen LogP contribution in [-0.2, 0) is 23.2 Å². The van der Waals surface area contributed by atoms with E-state index in [0.717, 1.165) is 53.7 Å². The maximum Gasteiger partial charge on any atom is 0.308 e. The SMILES string of the molecule is COc1ccc(F)c(-c2ccc(COc3ccc4c(c3)[C@]3(CC4)[C@@H](C(=O)O)C3(C)C)cc2C2=CCCC2(C)C)c1. The maximum absolute atomic E-state index is 15.1. The van der Waals surface area contributed by atoms with E-state index in [-0.39, 0.29) is 28.0 Å². The van der Waals surface area contributed by atoms with Crippen molar-refractivity contribution in [3.05, 3.63) is 88.7 Å². The minimum atomic E-state index is -0.714. The Morgan fingerprint density at radius 2 is 1.73 bits per heavy atom. The van der Waals surface area contributed by atoms with Crippen molar-refractivity contribution >= 4 is 11.5 Å². The fourth-order valence-corrected chi connectivity index (χ4v) is 7.69. The van der Waals surface area contributed by atoms with E-state index < -0.39 is 5.97 Å². The molecule has 5 heteroatoms. The third-order valence-corrected chi connectivity index (χ3v) is 9.97. The zero-order valence-electron chi connectivity index (χ0n) is 23.9. The number of halogens is 1. The number of hydrogen-bond donors (Lipinski definition) is 1. The highest BCUT2D eigenvalue weighted by Gasteiger charge is 2.76. The molecule has 0 aliphatic heterocycles. The number of hydrogen-bond acceptors (Lipinski definition) is 3. The summed E-state index contributed by atoms with van der Waals surface area (Å²) in [6.45, 7) is 8.98. The third-order valence-electron chi connectivity index (χ3n) is 9.97. The van der Waals surface area contributed by atoms with Crippen LogP contribution in [0, 0.1) is 22.6 Å². The van der Waals surface area contributed by atoms with Gasteiger partial charge in [0, 0.05) is 11.0 Å². The van der Waals surface area contributed by atoms with Gasteiger partial charge in [0.25, 0.3) is 0 Å². The number of ether oxygens (including phenoxy) is 2. The van der Waals surface area contributed by atoms with Crippen LogP contribution in [0.1, 0.15) is 69.2 Å². The number of carboxylic acid groups (broad SMARTS) is 1. The molecule has 0 radical (unpaired) electrons. The van der Waals surface area contributed by atoms with Crippen molar-refractivity contribution in [3.63, 3.8) is 0 Å². The zero-order valence-corrected chi connectivity index (χ0v) is 23.9. The van der Waals surface area contributed by atoms with E-state index in [1.54, 1.807) is 19.2 Å². The van der Waals surface area contributed by atoms with Crippen LogP contribution in [-0.4, -0.2) is 18.2 Å². The van der Waals surface area contributed by atoms with Crippen molar-refractivity contribution in [2.24, 2.45) is 16.7 Å². The fraction of sp³-hybridized carbons (Fsp3) is 0.400. The molecule has 1 N–H and O–H groups in total. The number of carboxylic acids is 1. The van der Waals surface area contributed by atoms with Crippen LogP contribution >= 0.6 is 0 Å². The number of carbonyl (C=O) groups is 1. The number of benzene rings is 3. The first-order chi connectivity index (χ1) is 19.0. The minimum Gasteiger partial charge on any atom is -0.497 e. The molecule has 40 heavy (non-hydrogen) atoms. The van der Waals surface area contributed by atoms with Gasteiger partial charge in [0.1, 0.15) is 23.9 Å². The highest BCUT2D eigenvalue weighted by Crippen LogP contribution is 2.74. The van der Waals surface area contributed by atoms with E-state index in [2.05, 4.69) is 52.0 Å². The summed E-state index contributed by atoms with van der Waals surface area (Å²) in [6, 6.07) is 17.1. The number of aryl methyl sites for hydroxylation is 1. The highest BCUT2D eigenvalue weighted by molar-refractivity contribution is 5.85. The Morgan fingerprint density at radius 1 is 0.950 bits per heavy atom. The van der Waals surface area contributed by atoms with Gasteiger partial charge in [-0.3, -0.25) is 4.79 Å². The molecule has 2 atom stereocenters. The summed E-state index contributed by atoms with van der Waals surface area (Å²) in [5.41, 5.74) is 6.36. The first-order valence-electron chi connectivity index (χ1n) is 14.2. The molecule has 3 aliphatic carbocycles. The third kappa shape index (κ3) is 3.96. The quantitative estimate of drug-likeness (QED) is 0.328. The molecular weight excluding hydrogens is 503 g/mol. The van der Waals surface area contributed by atoms with Crippen LogP contribution in [0.5, 0.6) is 11.5 Å². The monoisotopic (exact) mass is 540 g/mol. The lowest BCUT2D eigenvalue weighted by Gasteiger charge is -2.25. The molecule has 3 aliphatic rings. The minimum absolute atomic E-state index is 0.0182. The van der Waals surface area contributed by atoms with Crippen molar-refractivity contribution in [2.45, 2.75) is 65.4 Å². The van der Waals surface area contributed by atoms with E-state index >= 15 is 4.39 Å². The number of allylic oxidation sites excluding steroid dienone is 2. The van der Waals surface area contributed by atoms with Gasteiger partial charge in [-0.05, 0) is 106 Å². The van der Waals surface area contributed by atoms with Crippen LogP contribution in [0.4, 0.5) is 4.39 Å². The van der Waals surface area contributed by atoms with Gasteiger partial charge in [0.05, 0.1) is 13.0 Å². The molecule has 0 saturated heterocycles. The molecule has 208 valence electrons. The summed E-state index contributed by atoms with van der Waals surface area (Å²) in [7, 11) is 1.59. The fourth-order valence-electron chi connectivity index (χ4n) is 7.69. The lowest BCUT2D eigenvalue weighted by molar-refractivity contribution is -0.139. The van der Waals surface area contributed by atoms with Crippen molar-refractivity contribution in [1.29, 1.82) is 0 Å². The maximum atomic E-state index is 15.1. The smallest absolute Gasteiger partial charge is 0.308 e. The predicted molar refractivity (Wildman–Crippen MR) is 155 cm³/mol. The summed E-state index contributed by atoms with van der Waals surface area (Å²) in [4.78, 5) is 12.1. The van der Waals surface area contributed by atoms with Crippen LogP contribution in [0.15, 0.2) is 60.7 Å². The summed E-state index contributed by atoms with van der Waals surface area (Å²) in [5, 5.41) is 9.90. The van der Waals surface area contributed by atoms with E-state index in [4.69, 9.17) is 9.47 Å². The second kappa shape index (κ2) is 9.22. The number of methoxy groups -OCH3 is 1. The average molecular weight is 541 g/mol. The van der Waals surface area contributed by atoms with Gasteiger partial charge >= 0.3 is 5.97 Å². The van der Waals surface area contributed by atoms with Gasteiger partial charge < -0.3 is 14.6 Å². The molecule has 0 amide bonds. The Balaban J connectivity index is 1.32. The molecule has 1 saturated carbocycles.